The Morgan fingerprint density at radius 1 is 1.14 bits per heavy atom. The van der Waals surface area contributed by atoms with Crippen molar-refractivity contribution in [1.29, 1.82) is 0 Å². The van der Waals surface area contributed by atoms with Crippen LogP contribution in [-0.4, -0.2) is 12.2 Å². The molecular weight excluding hydrogens is 172 g/mol. The van der Waals surface area contributed by atoms with E-state index in [1.54, 1.807) is 0 Å². The molecule has 2 aliphatic rings. The van der Waals surface area contributed by atoms with Crippen LogP contribution in [0.25, 0.3) is 0 Å². The molecule has 0 aromatic heterocycles. The van der Waals surface area contributed by atoms with E-state index >= 15 is 0 Å². The predicted molar refractivity (Wildman–Crippen MR) is 59.2 cm³/mol. The Hall–Kier alpha value is -0.0400. The van der Waals surface area contributed by atoms with Crippen LogP contribution < -0.4 is 0 Å². The van der Waals surface area contributed by atoms with Crippen molar-refractivity contribution in [1.82, 2.24) is 0 Å². The lowest BCUT2D eigenvalue weighted by Crippen LogP contribution is -2.33. The fourth-order valence-corrected chi connectivity index (χ4v) is 2.82. The van der Waals surface area contributed by atoms with Gasteiger partial charge in [0.1, 0.15) is 0 Å². The van der Waals surface area contributed by atoms with Crippen LogP contribution in [0.15, 0.2) is 0 Å². The summed E-state index contributed by atoms with van der Waals surface area (Å²) in [6.45, 7) is 9.03. The molecule has 1 heteroatoms. The summed E-state index contributed by atoms with van der Waals surface area (Å²) in [7, 11) is 0. The third kappa shape index (κ3) is 1.98. The molecular formula is C13H24O. The first-order valence-corrected chi connectivity index (χ1v) is 6.12. The lowest BCUT2D eigenvalue weighted by Gasteiger charge is -2.33. The fourth-order valence-electron chi connectivity index (χ4n) is 2.82. The summed E-state index contributed by atoms with van der Waals surface area (Å²) in [5.41, 5.74) is 0.293. The van der Waals surface area contributed by atoms with E-state index < -0.39 is 0 Å². The molecule has 0 heterocycles. The van der Waals surface area contributed by atoms with Crippen LogP contribution in [0.5, 0.6) is 0 Å². The maximum absolute atomic E-state index is 6.21. The van der Waals surface area contributed by atoms with E-state index in [0.29, 0.717) is 17.6 Å². The highest BCUT2D eigenvalue weighted by Crippen LogP contribution is 2.46. The summed E-state index contributed by atoms with van der Waals surface area (Å²) in [6.07, 6.45) is 6.66. The van der Waals surface area contributed by atoms with Gasteiger partial charge < -0.3 is 4.74 Å². The summed E-state index contributed by atoms with van der Waals surface area (Å²) in [6, 6.07) is 0. The van der Waals surface area contributed by atoms with Crippen LogP contribution in [0.2, 0.25) is 0 Å². The molecule has 2 fully saturated rings. The van der Waals surface area contributed by atoms with Crippen LogP contribution in [-0.2, 0) is 4.74 Å². The van der Waals surface area contributed by atoms with Crippen molar-refractivity contribution >= 4 is 0 Å². The van der Waals surface area contributed by atoms with Gasteiger partial charge in [0.25, 0.3) is 0 Å². The Morgan fingerprint density at radius 3 is 2.29 bits per heavy atom. The molecule has 2 rings (SSSR count). The maximum atomic E-state index is 6.21. The molecule has 0 amide bonds. The van der Waals surface area contributed by atoms with E-state index in [1.807, 2.05) is 0 Å². The number of hydrogen-bond acceptors (Lipinski definition) is 1. The van der Waals surface area contributed by atoms with Crippen molar-refractivity contribution in [2.45, 2.75) is 65.6 Å². The van der Waals surface area contributed by atoms with Gasteiger partial charge >= 0.3 is 0 Å². The summed E-state index contributed by atoms with van der Waals surface area (Å²) in [5, 5.41) is 0. The van der Waals surface area contributed by atoms with Crippen LogP contribution >= 0.6 is 0 Å². The lowest BCUT2D eigenvalue weighted by molar-refractivity contribution is -0.0760. The van der Waals surface area contributed by atoms with E-state index in [2.05, 4.69) is 27.7 Å². The van der Waals surface area contributed by atoms with Crippen LogP contribution in [0.3, 0.4) is 0 Å². The van der Waals surface area contributed by atoms with E-state index in [1.165, 1.54) is 25.7 Å². The fraction of sp³-hybridized carbons (Fsp3) is 1.00. The highest BCUT2D eigenvalue weighted by atomic mass is 16.5. The standard InChI is InChI=1S/C13H24O/c1-9(13(2,3)4)14-12-8-10-5-6-11(12)7-10/h9-12H,5-8H2,1-4H3/t9?,10-,11?,12?/m0/s1. The smallest absolute Gasteiger partial charge is 0.0609 e. The van der Waals surface area contributed by atoms with Gasteiger partial charge in [0.2, 0.25) is 0 Å². The molecule has 0 spiro atoms. The van der Waals surface area contributed by atoms with Gasteiger partial charge in [0.05, 0.1) is 12.2 Å². The Labute approximate surface area is 88.2 Å². The number of rotatable bonds is 2. The number of ether oxygens (including phenoxy) is 1. The molecule has 0 N–H and O–H groups in total. The Bertz CT molecular complexity index is 204. The zero-order valence-electron chi connectivity index (χ0n) is 10.0. The zero-order chi connectivity index (χ0) is 10.3. The largest absolute Gasteiger partial charge is 0.374 e. The van der Waals surface area contributed by atoms with Crippen molar-refractivity contribution in [2.24, 2.45) is 17.3 Å². The predicted octanol–water partition coefficient (Wildman–Crippen LogP) is 3.63. The monoisotopic (exact) mass is 196 g/mol. The molecule has 2 saturated carbocycles. The average Bonchev–Trinajstić information content (AvgIpc) is 2.62. The van der Waals surface area contributed by atoms with Gasteiger partial charge in [-0.2, -0.15) is 0 Å². The van der Waals surface area contributed by atoms with Gasteiger partial charge in [-0.1, -0.05) is 20.8 Å². The summed E-state index contributed by atoms with van der Waals surface area (Å²) in [5.74, 6) is 1.89. The quantitative estimate of drug-likeness (QED) is 0.655. The molecule has 2 aliphatic carbocycles. The zero-order valence-corrected chi connectivity index (χ0v) is 10.0. The van der Waals surface area contributed by atoms with E-state index in [-0.39, 0.29) is 0 Å². The Morgan fingerprint density at radius 2 is 1.86 bits per heavy atom. The molecule has 0 aromatic rings. The van der Waals surface area contributed by atoms with Crippen LogP contribution in [0.1, 0.15) is 53.4 Å². The first-order chi connectivity index (χ1) is 6.47. The van der Waals surface area contributed by atoms with Crippen molar-refractivity contribution < 1.29 is 4.74 Å². The summed E-state index contributed by atoms with van der Waals surface area (Å²) >= 11 is 0. The minimum absolute atomic E-state index is 0.293. The van der Waals surface area contributed by atoms with Crippen molar-refractivity contribution in [3.63, 3.8) is 0 Å². The van der Waals surface area contributed by atoms with Gasteiger partial charge in [-0.05, 0) is 49.9 Å². The third-order valence-corrected chi connectivity index (χ3v) is 4.27. The molecule has 4 atom stereocenters. The highest BCUT2D eigenvalue weighted by molar-refractivity contribution is 4.91. The minimum Gasteiger partial charge on any atom is -0.374 e. The molecule has 0 aromatic carbocycles. The number of hydrogen-bond donors (Lipinski definition) is 0. The van der Waals surface area contributed by atoms with E-state index in [4.69, 9.17) is 4.74 Å². The first kappa shape index (κ1) is 10.5. The van der Waals surface area contributed by atoms with Crippen LogP contribution in [0.4, 0.5) is 0 Å². The average molecular weight is 196 g/mol. The topological polar surface area (TPSA) is 9.23 Å². The van der Waals surface area contributed by atoms with Crippen molar-refractivity contribution in [3.8, 4) is 0 Å². The Balaban J connectivity index is 1.87. The molecule has 0 saturated heterocycles. The molecule has 0 radical (unpaired) electrons. The van der Waals surface area contributed by atoms with E-state index in [9.17, 15) is 0 Å². The first-order valence-electron chi connectivity index (χ1n) is 6.12. The van der Waals surface area contributed by atoms with Gasteiger partial charge in [-0.3, -0.25) is 0 Å². The molecule has 14 heavy (non-hydrogen) atoms. The second-order valence-corrected chi connectivity index (χ2v) is 6.36. The third-order valence-electron chi connectivity index (χ3n) is 4.27. The van der Waals surface area contributed by atoms with Gasteiger partial charge in [-0.25, -0.2) is 0 Å². The highest BCUT2D eigenvalue weighted by Gasteiger charge is 2.41. The van der Waals surface area contributed by atoms with Gasteiger partial charge in [0.15, 0.2) is 0 Å². The van der Waals surface area contributed by atoms with Crippen molar-refractivity contribution in [2.75, 3.05) is 0 Å². The second-order valence-electron chi connectivity index (χ2n) is 6.36. The number of fused-ring (bicyclic) bond motifs is 2. The second kappa shape index (κ2) is 3.52. The normalized spacial score (nSPS) is 39.0. The molecule has 82 valence electrons. The molecule has 0 aliphatic heterocycles. The lowest BCUT2D eigenvalue weighted by atomic mass is 9.89. The van der Waals surface area contributed by atoms with Gasteiger partial charge in [0, 0.05) is 0 Å². The molecule has 3 unspecified atom stereocenters. The minimum atomic E-state index is 0.293. The SMILES string of the molecule is CC(OC1C[C@H]2CCC1C2)C(C)(C)C. The maximum Gasteiger partial charge on any atom is 0.0609 e. The summed E-state index contributed by atoms with van der Waals surface area (Å²) < 4.78 is 6.21. The molecule has 2 bridgehead atoms. The Kier molecular flexibility index (Phi) is 2.63. The summed E-state index contributed by atoms with van der Waals surface area (Å²) in [4.78, 5) is 0. The van der Waals surface area contributed by atoms with E-state index in [0.717, 1.165) is 11.8 Å². The van der Waals surface area contributed by atoms with Gasteiger partial charge in [-0.15, -0.1) is 0 Å². The van der Waals surface area contributed by atoms with Crippen molar-refractivity contribution in [3.05, 3.63) is 0 Å². The van der Waals surface area contributed by atoms with Crippen LogP contribution in [0, 0.1) is 17.3 Å². The molecule has 1 nitrogen and oxygen atoms in total.